The molecule has 2 amide bonds. The highest BCUT2D eigenvalue weighted by atomic mass is 79.9. The number of carbonyl (C=O) groups excluding carboxylic acids is 2. The van der Waals surface area contributed by atoms with Crippen LogP contribution in [0.25, 0.3) is 0 Å². The van der Waals surface area contributed by atoms with Gasteiger partial charge in [0.2, 0.25) is 0 Å². The molecule has 2 atom stereocenters. The summed E-state index contributed by atoms with van der Waals surface area (Å²) >= 11 is 3.46. The molecule has 1 aliphatic rings. The number of rotatable bonds is 10. The van der Waals surface area contributed by atoms with Crippen molar-refractivity contribution in [1.29, 1.82) is 0 Å². The lowest BCUT2D eigenvalue weighted by atomic mass is 9.97. The number of nitrogens with zero attached hydrogens (tertiary/aromatic N) is 1. The van der Waals surface area contributed by atoms with Crippen molar-refractivity contribution in [3.05, 3.63) is 93.2 Å². The second-order valence-electron chi connectivity index (χ2n) is 10.1. The predicted molar refractivity (Wildman–Crippen MR) is 157 cm³/mol. The summed E-state index contributed by atoms with van der Waals surface area (Å²) in [4.78, 5) is 26.6. The molecular formula is C31H34BrFN2O6. The molecule has 0 aromatic heterocycles. The van der Waals surface area contributed by atoms with Gasteiger partial charge >= 0.3 is 12.2 Å². The number of carbonyl (C=O) groups is 2. The molecule has 0 bridgehead atoms. The minimum absolute atomic E-state index is 0.00135. The number of hydrogen-bond donors (Lipinski definition) is 1. The Balaban J connectivity index is 1.43. The number of aryl methyl sites for hydroxylation is 1. The van der Waals surface area contributed by atoms with Crippen molar-refractivity contribution in [3.63, 3.8) is 0 Å². The maximum atomic E-state index is 15.4. The minimum Gasteiger partial charge on any atom is -0.484 e. The van der Waals surface area contributed by atoms with Crippen molar-refractivity contribution in [1.82, 2.24) is 4.90 Å². The molecule has 0 spiro atoms. The SMILES string of the molecule is Cc1cc(Br)ccc1[C@@H](C)COC(=O)Nc1cc(F)c(O[C@H]2CCOC2)c(CN(C)C(=O)OCc2ccccc2)c1. The summed E-state index contributed by atoms with van der Waals surface area (Å²) < 4.78 is 38.5. The maximum Gasteiger partial charge on any atom is 0.411 e. The molecule has 8 nitrogen and oxygen atoms in total. The summed E-state index contributed by atoms with van der Waals surface area (Å²) in [5, 5.41) is 2.60. The van der Waals surface area contributed by atoms with Gasteiger partial charge in [0.1, 0.15) is 12.7 Å². The Labute approximate surface area is 247 Å². The van der Waals surface area contributed by atoms with Crippen LogP contribution in [0.2, 0.25) is 0 Å². The Morgan fingerprint density at radius 1 is 1.15 bits per heavy atom. The summed E-state index contributed by atoms with van der Waals surface area (Å²) in [6, 6.07) is 18.0. The van der Waals surface area contributed by atoms with Crippen LogP contribution in [0.3, 0.4) is 0 Å². The van der Waals surface area contributed by atoms with Gasteiger partial charge in [-0.05, 0) is 41.8 Å². The first-order valence-corrected chi connectivity index (χ1v) is 14.2. The third-order valence-electron chi connectivity index (χ3n) is 6.69. The number of ether oxygens (including phenoxy) is 4. The summed E-state index contributed by atoms with van der Waals surface area (Å²) in [5.41, 5.74) is 3.53. The number of amides is 2. The molecule has 1 aliphatic heterocycles. The monoisotopic (exact) mass is 628 g/mol. The van der Waals surface area contributed by atoms with Crippen LogP contribution >= 0.6 is 15.9 Å². The van der Waals surface area contributed by atoms with Gasteiger partial charge in [0.05, 0.1) is 26.4 Å². The van der Waals surface area contributed by atoms with Crippen molar-refractivity contribution in [3.8, 4) is 5.75 Å². The van der Waals surface area contributed by atoms with Gasteiger partial charge in [0.15, 0.2) is 11.6 Å². The molecule has 41 heavy (non-hydrogen) atoms. The van der Waals surface area contributed by atoms with E-state index in [2.05, 4.69) is 21.2 Å². The second kappa shape index (κ2) is 14.3. The summed E-state index contributed by atoms with van der Waals surface area (Å²) in [5.74, 6) is -0.711. The van der Waals surface area contributed by atoms with Gasteiger partial charge in [0, 0.05) is 41.2 Å². The zero-order valence-corrected chi connectivity index (χ0v) is 24.9. The smallest absolute Gasteiger partial charge is 0.411 e. The fraction of sp³-hybridized carbons (Fsp3) is 0.355. The minimum atomic E-state index is -0.717. The summed E-state index contributed by atoms with van der Waals surface area (Å²) in [6.07, 6.45) is -0.994. The van der Waals surface area contributed by atoms with E-state index >= 15 is 4.39 Å². The Morgan fingerprint density at radius 3 is 2.63 bits per heavy atom. The number of benzene rings is 3. The van der Waals surface area contributed by atoms with Gasteiger partial charge in [-0.15, -0.1) is 0 Å². The van der Waals surface area contributed by atoms with Gasteiger partial charge in [-0.3, -0.25) is 5.32 Å². The van der Waals surface area contributed by atoms with E-state index in [4.69, 9.17) is 18.9 Å². The largest absolute Gasteiger partial charge is 0.484 e. The number of halogens is 2. The van der Waals surface area contributed by atoms with Crippen molar-refractivity contribution in [2.24, 2.45) is 0 Å². The van der Waals surface area contributed by atoms with E-state index in [1.807, 2.05) is 62.4 Å². The molecule has 0 saturated carbocycles. The van der Waals surface area contributed by atoms with E-state index in [0.29, 0.717) is 25.2 Å². The van der Waals surface area contributed by atoms with Crippen LogP contribution in [-0.2, 0) is 27.4 Å². The van der Waals surface area contributed by atoms with Crippen molar-refractivity contribution in [2.45, 2.75) is 45.4 Å². The maximum absolute atomic E-state index is 15.4. The van der Waals surface area contributed by atoms with Gasteiger partial charge in [0.25, 0.3) is 0 Å². The highest BCUT2D eigenvalue weighted by Crippen LogP contribution is 2.31. The zero-order valence-electron chi connectivity index (χ0n) is 23.3. The third-order valence-corrected chi connectivity index (χ3v) is 7.18. The average Bonchev–Trinajstić information content (AvgIpc) is 3.46. The first-order chi connectivity index (χ1) is 19.7. The van der Waals surface area contributed by atoms with Crippen LogP contribution in [0.5, 0.6) is 5.75 Å². The van der Waals surface area contributed by atoms with Crippen LogP contribution in [0.4, 0.5) is 19.7 Å². The van der Waals surface area contributed by atoms with Crippen molar-refractivity contribution < 1.29 is 32.9 Å². The standard InChI is InChI=1S/C31H34BrFN2O6/c1-20-13-24(32)9-10-27(20)21(2)17-39-30(36)34-25-14-23(29(28(33)15-25)41-26-11-12-38-19-26)16-35(3)31(37)40-18-22-7-5-4-6-8-22/h4-10,13-15,21,26H,11-12,16-19H2,1-3H3,(H,34,36)/t21-,26-/m0/s1. The van der Waals surface area contributed by atoms with E-state index in [9.17, 15) is 9.59 Å². The van der Waals surface area contributed by atoms with Gasteiger partial charge in [-0.25, -0.2) is 14.0 Å². The second-order valence-corrected chi connectivity index (χ2v) is 11.0. The van der Waals surface area contributed by atoms with Crippen LogP contribution in [0.15, 0.2) is 65.1 Å². The molecule has 1 fully saturated rings. The fourth-order valence-corrected chi connectivity index (χ4v) is 5.01. The van der Waals surface area contributed by atoms with E-state index < -0.39 is 18.0 Å². The molecule has 3 aromatic rings. The summed E-state index contributed by atoms with van der Waals surface area (Å²) in [7, 11) is 1.55. The van der Waals surface area contributed by atoms with E-state index in [1.54, 1.807) is 13.1 Å². The highest BCUT2D eigenvalue weighted by Gasteiger charge is 2.24. The number of anilines is 1. The van der Waals surface area contributed by atoms with Crippen LogP contribution in [0.1, 0.15) is 41.5 Å². The molecule has 1 N–H and O–H groups in total. The lowest BCUT2D eigenvalue weighted by Gasteiger charge is -2.22. The average molecular weight is 630 g/mol. The molecule has 1 heterocycles. The normalized spacial score (nSPS) is 15.2. The zero-order chi connectivity index (χ0) is 29.4. The van der Waals surface area contributed by atoms with Gasteiger partial charge < -0.3 is 23.8 Å². The van der Waals surface area contributed by atoms with Crippen LogP contribution in [0, 0.1) is 12.7 Å². The molecule has 0 aliphatic carbocycles. The van der Waals surface area contributed by atoms with Gasteiger partial charge in [-0.2, -0.15) is 0 Å². The number of nitrogens with one attached hydrogen (secondary N) is 1. The first kappa shape index (κ1) is 30.3. The molecule has 0 radical (unpaired) electrons. The van der Waals surface area contributed by atoms with E-state index in [0.717, 1.165) is 21.2 Å². The summed E-state index contributed by atoms with van der Waals surface area (Å²) in [6.45, 7) is 5.06. The highest BCUT2D eigenvalue weighted by molar-refractivity contribution is 9.10. The molecule has 218 valence electrons. The molecule has 0 unspecified atom stereocenters. The first-order valence-electron chi connectivity index (χ1n) is 13.4. The van der Waals surface area contributed by atoms with Gasteiger partial charge in [-0.1, -0.05) is 59.3 Å². The van der Waals surface area contributed by atoms with E-state index in [-0.39, 0.29) is 43.2 Å². The third kappa shape index (κ3) is 8.68. The lowest BCUT2D eigenvalue weighted by Crippen LogP contribution is -2.28. The molecule has 3 aromatic carbocycles. The van der Waals surface area contributed by atoms with Crippen molar-refractivity contribution >= 4 is 33.8 Å². The molecular weight excluding hydrogens is 595 g/mol. The van der Waals surface area contributed by atoms with Crippen LogP contribution < -0.4 is 10.1 Å². The lowest BCUT2D eigenvalue weighted by molar-refractivity contribution is 0.101. The number of hydrogen-bond acceptors (Lipinski definition) is 6. The topological polar surface area (TPSA) is 86.3 Å². The fourth-order valence-electron chi connectivity index (χ4n) is 4.53. The van der Waals surface area contributed by atoms with Crippen LogP contribution in [-0.4, -0.2) is 50.1 Å². The molecule has 10 heteroatoms. The van der Waals surface area contributed by atoms with Crippen molar-refractivity contribution in [2.75, 3.05) is 32.2 Å². The Bertz CT molecular complexity index is 1350. The quantitative estimate of drug-likeness (QED) is 0.256. The Hall–Kier alpha value is -3.63. The Kier molecular flexibility index (Phi) is 10.6. The Morgan fingerprint density at radius 2 is 1.93 bits per heavy atom. The van der Waals surface area contributed by atoms with E-state index in [1.165, 1.54) is 11.0 Å². The molecule has 4 rings (SSSR count). The molecule has 1 saturated heterocycles. The predicted octanol–water partition coefficient (Wildman–Crippen LogP) is 7.19.